The number of methoxy groups -OCH3 is 1. The van der Waals surface area contributed by atoms with Crippen LogP contribution in [0.3, 0.4) is 0 Å². The molecule has 0 N–H and O–H groups in total. The minimum absolute atomic E-state index is 0.0326. The van der Waals surface area contributed by atoms with Crippen LogP contribution in [-0.4, -0.2) is 54.0 Å². The number of esters is 1. The van der Waals surface area contributed by atoms with Crippen LogP contribution in [0, 0.1) is 0 Å². The number of amides is 1. The molecule has 1 amide bonds. The molecule has 5 nitrogen and oxygen atoms in total. The van der Waals surface area contributed by atoms with E-state index in [0.29, 0.717) is 25.6 Å². The van der Waals surface area contributed by atoms with Gasteiger partial charge in [0.25, 0.3) is 0 Å². The number of hydrogen-bond acceptors (Lipinski definition) is 4. The van der Waals surface area contributed by atoms with Gasteiger partial charge in [0.15, 0.2) is 0 Å². The minimum Gasteiger partial charge on any atom is -0.467 e. The molecule has 0 bridgehead atoms. The molecule has 3 rings (SSSR count). The van der Waals surface area contributed by atoms with E-state index in [1.54, 1.807) is 4.90 Å². The highest BCUT2D eigenvalue weighted by Crippen LogP contribution is 2.25. The average Bonchev–Trinajstić information content (AvgIpc) is 2.66. The monoisotopic (exact) mass is 344 g/mol. The summed E-state index contributed by atoms with van der Waals surface area (Å²) in [4.78, 5) is 29.3. The van der Waals surface area contributed by atoms with Crippen molar-refractivity contribution in [1.29, 1.82) is 0 Å². The minimum atomic E-state index is -0.516. The topological polar surface area (TPSA) is 49.9 Å². The summed E-state index contributed by atoms with van der Waals surface area (Å²) >= 11 is 0. The Bertz CT molecular complexity index is 631. The molecule has 1 saturated heterocycles. The molecule has 2 aliphatic heterocycles. The van der Waals surface area contributed by atoms with Gasteiger partial charge in [-0.05, 0) is 36.9 Å². The summed E-state index contributed by atoms with van der Waals surface area (Å²) < 4.78 is 4.97. The zero-order chi connectivity index (χ0) is 17.8. The van der Waals surface area contributed by atoms with Crippen molar-refractivity contribution in [2.45, 2.75) is 57.7 Å². The van der Waals surface area contributed by atoms with Gasteiger partial charge in [0.2, 0.25) is 5.91 Å². The van der Waals surface area contributed by atoms with Gasteiger partial charge in [-0.3, -0.25) is 9.69 Å². The molecule has 0 aliphatic carbocycles. The van der Waals surface area contributed by atoms with E-state index in [2.05, 4.69) is 11.8 Å². The third-order valence-corrected chi connectivity index (χ3v) is 5.60. The van der Waals surface area contributed by atoms with Crippen LogP contribution in [0.15, 0.2) is 24.3 Å². The van der Waals surface area contributed by atoms with E-state index in [-0.39, 0.29) is 11.9 Å². The summed E-state index contributed by atoms with van der Waals surface area (Å²) in [7, 11) is 1.39. The van der Waals surface area contributed by atoms with Crippen LogP contribution in [0.1, 0.15) is 43.7 Å². The van der Waals surface area contributed by atoms with Crippen molar-refractivity contribution in [3.8, 4) is 0 Å². The molecule has 0 unspecified atom stereocenters. The molecule has 1 aromatic carbocycles. The zero-order valence-electron chi connectivity index (χ0n) is 15.2. The maximum absolute atomic E-state index is 13.0. The number of piperidine rings is 1. The Morgan fingerprint density at radius 2 is 1.96 bits per heavy atom. The second-order valence-corrected chi connectivity index (χ2v) is 7.06. The molecule has 2 aliphatic rings. The van der Waals surface area contributed by atoms with E-state index in [1.165, 1.54) is 13.5 Å². The number of ether oxygens (including phenoxy) is 1. The number of carbonyl (C=O) groups is 2. The highest BCUT2D eigenvalue weighted by atomic mass is 16.5. The largest absolute Gasteiger partial charge is 0.467 e. The van der Waals surface area contributed by atoms with Gasteiger partial charge in [-0.2, -0.15) is 0 Å². The molecule has 0 aromatic heterocycles. The molecule has 1 fully saturated rings. The third kappa shape index (κ3) is 3.87. The lowest BCUT2D eigenvalue weighted by Crippen LogP contribution is -2.53. The van der Waals surface area contributed by atoms with Crippen molar-refractivity contribution in [1.82, 2.24) is 9.80 Å². The molecule has 0 spiro atoms. The van der Waals surface area contributed by atoms with Gasteiger partial charge in [-0.15, -0.1) is 0 Å². The molecular formula is C20H28N2O3. The molecule has 25 heavy (non-hydrogen) atoms. The Morgan fingerprint density at radius 1 is 1.20 bits per heavy atom. The average molecular weight is 344 g/mol. The van der Waals surface area contributed by atoms with Crippen molar-refractivity contribution >= 4 is 11.9 Å². The second kappa shape index (κ2) is 8.00. The predicted octanol–water partition coefficient (Wildman–Crippen LogP) is 2.38. The molecule has 1 aromatic rings. The fraction of sp³-hybridized carbons (Fsp3) is 0.600. The first kappa shape index (κ1) is 17.9. The van der Waals surface area contributed by atoms with Gasteiger partial charge < -0.3 is 9.64 Å². The first-order chi connectivity index (χ1) is 12.1. The summed E-state index contributed by atoms with van der Waals surface area (Å²) in [5.74, 6) is -0.293. The molecule has 0 radical (unpaired) electrons. The molecule has 2 heterocycles. The van der Waals surface area contributed by atoms with Crippen molar-refractivity contribution in [3.05, 3.63) is 35.4 Å². The normalized spacial score (nSPS) is 23.8. The maximum Gasteiger partial charge on any atom is 0.328 e. The summed E-state index contributed by atoms with van der Waals surface area (Å²) in [6, 6.07) is 8.00. The van der Waals surface area contributed by atoms with Crippen molar-refractivity contribution in [3.63, 3.8) is 0 Å². The van der Waals surface area contributed by atoms with E-state index in [0.717, 1.165) is 36.9 Å². The van der Waals surface area contributed by atoms with Crippen LogP contribution in [-0.2, 0) is 27.3 Å². The fourth-order valence-electron chi connectivity index (χ4n) is 4.13. The Balaban J connectivity index is 1.77. The second-order valence-electron chi connectivity index (χ2n) is 7.06. The Kier molecular flexibility index (Phi) is 5.74. The van der Waals surface area contributed by atoms with Crippen LogP contribution >= 0.6 is 0 Å². The van der Waals surface area contributed by atoms with Gasteiger partial charge in [-0.25, -0.2) is 4.79 Å². The van der Waals surface area contributed by atoms with Gasteiger partial charge in [0, 0.05) is 19.0 Å². The van der Waals surface area contributed by atoms with Gasteiger partial charge in [-0.1, -0.05) is 37.6 Å². The standard InChI is InChI=1S/C20H28N2O3/c1-3-17-10-6-7-11-21(17)14-19(23)22-13-16-9-5-4-8-15(16)12-18(22)20(24)25-2/h4-5,8-9,17-18H,3,6-7,10-14H2,1-2H3/t17-,18+/m1/s1. The number of carbonyl (C=O) groups excluding carboxylic acids is 2. The summed E-state index contributed by atoms with van der Waals surface area (Å²) in [6.07, 6.45) is 5.15. The van der Waals surface area contributed by atoms with E-state index in [4.69, 9.17) is 4.74 Å². The van der Waals surface area contributed by atoms with Crippen LogP contribution in [0.2, 0.25) is 0 Å². The number of likely N-dealkylation sites (tertiary alicyclic amines) is 1. The molecule has 136 valence electrons. The van der Waals surface area contributed by atoms with E-state index in [1.807, 2.05) is 24.3 Å². The van der Waals surface area contributed by atoms with Crippen molar-refractivity contribution < 1.29 is 14.3 Å². The highest BCUT2D eigenvalue weighted by Gasteiger charge is 2.36. The molecule has 0 saturated carbocycles. The van der Waals surface area contributed by atoms with Crippen LogP contribution in [0.4, 0.5) is 0 Å². The first-order valence-electron chi connectivity index (χ1n) is 9.32. The lowest BCUT2D eigenvalue weighted by atomic mass is 9.93. The van der Waals surface area contributed by atoms with Gasteiger partial charge in [0.1, 0.15) is 6.04 Å². The number of fused-ring (bicyclic) bond motifs is 1. The summed E-state index contributed by atoms with van der Waals surface area (Å²) in [5, 5.41) is 0. The smallest absolute Gasteiger partial charge is 0.328 e. The predicted molar refractivity (Wildman–Crippen MR) is 96.0 cm³/mol. The Hall–Kier alpha value is -1.88. The Morgan fingerprint density at radius 3 is 2.68 bits per heavy atom. The van der Waals surface area contributed by atoms with Crippen LogP contribution in [0.25, 0.3) is 0 Å². The van der Waals surface area contributed by atoms with Crippen molar-refractivity contribution in [2.75, 3.05) is 20.2 Å². The highest BCUT2D eigenvalue weighted by molar-refractivity contribution is 5.86. The lowest BCUT2D eigenvalue weighted by molar-refractivity contribution is -0.154. The number of benzene rings is 1. The summed E-state index contributed by atoms with van der Waals surface area (Å²) in [5.41, 5.74) is 2.26. The summed E-state index contributed by atoms with van der Waals surface area (Å²) in [6.45, 7) is 4.03. The third-order valence-electron chi connectivity index (χ3n) is 5.60. The first-order valence-corrected chi connectivity index (χ1v) is 9.32. The molecule has 5 heteroatoms. The SMILES string of the molecule is CC[C@@H]1CCCCN1CC(=O)N1Cc2ccccc2C[C@H]1C(=O)OC. The van der Waals surface area contributed by atoms with Crippen LogP contribution in [0.5, 0.6) is 0 Å². The number of nitrogens with zero attached hydrogens (tertiary/aromatic N) is 2. The quantitative estimate of drug-likeness (QED) is 0.787. The number of rotatable bonds is 4. The van der Waals surface area contributed by atoms with Crippen molar-refractivity contribution in [2.24, 2.45) is 0 Å². The van der Waals surface area contributed by atoms with E-state index < -0.39 is 6.04 Å². The fourth-order valence-corrected chi connectivity index (χ4v) is 4.13. The van der Waals surface area contributed by atoms with E-state index in [9.17, 15) is 9.59 Å². The Labute approximate surface area is 149 Å². The van der Waals surface area contributed by atoms with Gasteiger partial charge in [0.05, 0.1) is 13.7 Å². The molecular weight excluding hydrogens is 316 g/mol. The maximum atomic E-state index is 13.0. The lowest BCUT2D eigenvalue weighted by Gasteiger charge is -2.39. The van der Waals surface area contributed by atoms with Crippen LogP contribution < -0.4 is 0 Å². The van der Waals surface area contributed by atoms with Gasteiger partial charge >= 0.3 is 5.97 Å². The zero-order valence-corrected chi connectivity index (χ0v) is 15.2. The number of hydrogen-bond donors (Lipinski definition) is 0. The molecule has 2 atom stereocenters. The van der Waals surface area contributed by atoms with E-state index >= 15 is 0 Å².